The molecule has 0 bridgehead atoms. The first-order chi connectivity index (χ1) is 13.0. The molecule has 2 rings (SSSR count). The van der Waals surface area contributed by atoms with Gasteiger partial charge >= 0.3 is 5.97 Å². The van der Waals surface area contributed by atoms with Crippen LogP contribution in [0.1, 0.15) is 31.9 Å². The number of phenolic OH excluding ortho intramolecular Hbond substituents is 2. The second-order valence-electron chi connectivity index (χ2n) is 5.63. The highest BCUT2D eigenvalue weighted by atomic mass is 16.5. The summed E-state index contributed by atoms with van der Waals surface area (Å²) in [5.41, 5.74) is 1.95. The summed E-state index contributed by atoms with van der Waals surface area (Å²) < 4.78 is 4.96. The molecule has 28 heavy (non-hydrogen) atoms. The third-order valence-electron chi connectivity index (χ3n) is 2.85. The molecule has 0 aliphatic rings. The average Bonchev–Trinajstić information content (AvgIpc) is 2.52. The Morgan fingerprint density at radius 2 is 1.14 bits per heavy atom. The van der Waals surface area contributed by atoms with Gasteiger partial charge in [0.2, 0.25) is 0 Å². The van der Waals surface area contributed by atoms with Crippen molar-refractivity contribution in [2.45, 2.75) is 33.6 Å². The third kappa shape index (κ3) is 13.7. The number of carboxylic acids is 2. The number of carbonyl (C=O) groups excluding carboxylic acids is 1. The molecule has 0 unspecified atom stereocenters. The Labute approximate surface area is 162 Å². The second-order valence-corrected chi connectivity index (χ2v) is 5.63. The Balaban J connectivity index is 0.000000776. The topological polar surface area (TPSA) is 141 Å². The van der Waals surface area contributed by atoms with E-state index in [1.807, 2.05) is 12.1 Å². The Kier molecular flexibility index (Phi) is 11.1. The molecule has 0 heterocycles. The highest BCUT2D eigenvalue weighted by Crippen LogP contribution is 2.22. The Morgan fingerprint density at radius 1 is 0.750 bits per heavy atom. The van der Waals surface area contributed by atoms with E-state index in [-0.39, 0.29) is 17.5 Å². The molecule has 0 spiro atoms. The van der Waals surface area contributed by atoms with Crippen LogP contribution < -0.4 is 4.74 Å². The Morgan fingerprint density at radius 3 is 1.54 bits per heavy atom. The van der Waals surface area contributed by atoms with Crippen LogP contribution in [0, 0.1) is 0 Å². The average molecular weight is 392 g/mol. The second kappa shape index (κ2) is 12.7. The number of carbonyl (C=O) groups is 3. The quantitative estimate of drug-likeness (QED) is 0.460. The number of rotatable bonds is 4. The lowest BCUT2D eigenvalue weighted by Crippen LogP contribution is -2.01. The molecule has 152 valence electrons. The summed E-state index contributed by atoms with van der Waals surface area (Å²) in [5.74, 6) is -1.36. The van der Waals surface area contributed by atoms with Crippen LogP contribution in [0.4, 0.5) is 0 Å². The molecule has 0 saturated carbocycles. The lowest BCUT2D eigenvalue weighted by Gasteiger charge is -2.05. The summed E-state index contributed by atoms with van der Waals surface area (Å²) in [6.45, 7) is 3.53. The predicted molar refractivity (Wildman–Crippen MR) is 102 cm³/mol. The molecule has 0 aromatic heterocycles. The highest BCUT2D eigenvalue weighted by molar-refractivity contribution is 5.69. The first-order valence-corrected chi connectivity index (χ1v) is 8.18. The molecule has 0 fully saturated rings. The van der Waals surface area contributed by atoms with Crippen molar-refractivity contribution < 1.29 is 39.5 Å². The maximum absolute atomic E-state index is 10.8. The van der Waals surface area contributed by atoms with E-state index in [0.717, 1.165) is 31.4 Å². The molecule has 0 atom stereocenters. The van der Waals surface area contributed by atoms with Crippen molar-refractivity contribution in [2.75, 3.05) is 0 Å². The van der Waals surface area contributed by atoms with Crippen LogP contribution in [0.25, 0.3) is 0 Å². The smallest absolute Gasteiger partial charge is 0.308 e. The number of carboxylic acid groups (broad SMARTS) is 2. The molecular formula is C20H24O8. The summed E-state index contributed by atoms with van der Waals surface area (Å²) >= 11 is 0. The number of aliphatic carboxylic acids is 2. The molecular weight excluding hydrogens is 368 g/mol. The van der Waals surface area contributed by atoms with Gasteiger partial charge in [-0.05, 0) is 48.2 Å². The van der Waals surface area contributed by atoms with Gasteiger partial charge in [0.15, 0.2) is 0 Å². The number of aromatic hydroxyl groups is 2. The number of phenols is 2. The van der Waals surface area contributed by atoms with Crippen LogP contribution in [0.15, 0.2) is 42.5 Å². The molecule has 8 heteroatoms. The van der Waals surface area contributed by atoms with Gasteiger partial charge in [0.05, 0.1) is 0 Å². The fourth-order valence-corrected chi connectivity index (χ4v) is 1.98. The first kappa shape index (κ1) is 24.5. The van der Waals surface area contributed by atoms with Gasteiger partial charge in [0, 0.05) is 26.8 Å². The predicted octanol–water partition coefficient (Wildman–Crippen LogP) is 2.99. The van der Waals surface area contributed by atoms with Crippen molar-refractivity contribution >= 4 is 17.9 Å². The summed E-state index contributed by atoms with van der Waals surface area (Å²) in [4.78, 5) is 28.8. The first-order valence-electron chi connectivity index (χ1n) is 8.18. The van der Waals surface area contributed by atoms with E-state index < -0.39 is 11.9 Å². The largest absolute Gasteiger partial charge is 0.508 e. The molecule has 2 aromatic carbocycles. The molecule has 4 N–H and O–H groups in total. The monoisotopic (exact) mass is 392 g/mol. The van der Waals surface area contributed by atoms with Gasteiger partial charge in [-0.3, -0.25) is 14.4 Å². The summed E-state index contributed by atoms with van der Waals surface area (Å²) in [7, 11) is 0. The van der Waals surface area contributed by atoms with E-state index in [0.29, 0.717) is 12.2 Å². The van der Waals surface area contributed by atoms with Crippen molar-refractivity contribution in [2.24, 2.45) is 0 Å². The van der Waals surface area contributed by atoms with Gasteiger partial charge in [0.25, 0.3) is 11.9 Å². The van der Waals surface area contributed by atoms with Crippen molar-refractivity contribution in [1.29, 1.82) is 0 Å². The van der Waals surface area contributed by atoms with Gasteiger partial charge < -0.3 is 25.2 Å². The Hall–Kier alpha value is -3.55. The van der Waals surface area contributed by atoms with E-state index in [2.05, 4.69) is 0 Å². The number of benzene rings is 2. The molecule has 2 aromatic rings. The SMILES string of the molecule is CC(=O)O.CC(=O)O.CC(=O)Oc1ccc(CCc2cc(O)cc(O)c2)cc1. The summed E-state index contributed by atoms with van der Waals surface area (Å²) in [5, 5.41) is 33.6. The third-order valence-corrected chi connectivity index (χ3v) is 2.85. The van der Waals surface area contributed by atoms with Crippen LogP contribution in [0.3, 0.4) is 0 Å². The van der Waals surface area contributed by atoms with E-state index in [4.69, 9.17) is 24.5 Å². The molecule has 0 saturated heterocycles. The van der Waals surface area contributed by atoms with Crippen molar-refractivity contribution in [3.63, 3.8) is 0 Å². The molecule has 0 aliphatic carbocycles. The van der Waals surface area contributed by atoms with E-state index in [1.165, 1.54) is 13.0 Å². The number of hydrogen-bond donors (Lipinski definition) is 4. The highest BCUT2D eigenvalue weighted by Gasteiger charge is 2.02. The van der Waals surface area contributed by atoms with Gasteiger partial charge in [0.1, 0.15) is 17.2 Å². The van der Waals surface area contributed by atoms with Crippen molar-refractivity contribution in [3.05, 3.63) is 53.6 Å². The van der Waals surface area contributed by atoms with E-state index >= 15 is 0 Å². The molecule has 0 radical (unpaired) electrons. The van der Waals surface area contributed by atoms with E-state index in [1.54, 1.807) is 24.3 Å². The van der Waals surface area contributed by atoms with Crippen LogP contribution in [0.5, 0.6) is 17.2 Å². The van der Waals surface area contributed by atoms with Gasteiger partial charge in [-0.2, -0.15) is 0 Å². The fraction of sp³-hybridized carbons (Fsp3) is 0.250. The minimum atomic E-state index is -0.833. The molecule has 0 aliphatic heterocycles. The maximum atomic E-state index is 10.8. The Bertz CT molecular complexity index is 741. The number of hydrogen-bond acceptors (Lipinski definition) is 6. The lowest BCUT2D eigenvalue weighted by molar-refractivity contribution is -0.135. The van der Waals surface area contributed by atoms with Crippen molar-refractivity contribution in [3.8, 4) is 17.2 Å². The van der Waals surface area contributed by atoms with Crippen molar-refractivity contribution in [1.82, 2.24) is 0 Å². The van der Waals surface area contributed by atoms with E-state index in [9.17, 15) is 15.0 Å². The number of ether oxygens (including phenoxy) is 1. The zero-order chi connectivity index (χ0) is 21.7. The minimum absolute atomic E-state index is 0.0604. The zero-order valence-corrected chi connectivity index (χ0v) is 15.9. The van der Waals surface area contributed by atoms with Crippen LogP contribution >= 0.6 is 0 Å². The molecule has 8 nitrogen and oxygen atoms in total. The van der Waals surface area contributed by atoms with Crippen LogP contribution in [-0.4, -0.2) is 38.3 Å². The zero-order valence-electron chi connectivity index (χ0n) is 15.9. The van der Waals surface area contributed by atoms with Crippen LogP contribution in [0.2, 0.25) is 0 Å². The minimum Gasteiger partial charge on any atom is -0.508 e. The summed E-state index contributed by atoms with van der Waals surface area (Å²) in [6, 6.07) is 11.8. The maximum Gasteiger partial charge on any atom is 0.308 e. The van der Waals surface area contributed by atoms with Crippen LogP contribution in [-0.2, 0) is 27.2 Å². The normalized spacial score (nSPS) is 9.11. The fourth-order valence-electron chi connectivity index (χ4n) is 1.98. The van der Waals surface area contributed by atoms with Gasteiger partial charge in [-0.1, -0.05) is 12.1 Å². The number of esters is 1. The molecule has 0 amide bonds. The standard InChI is InChI=1S/C16H16O4.2C2H4O2/c1-11(17)20-16-6-4-12(5-7-16)2-3-13-8-14(18)10-15(19)9-13;2*1-2(3)4/h4-10,18-19H,2-3H2,1H3;2*1H3,(H,3,4). The number of aryl methyl sites for hydroxylation is 2. The van der Waals surface area contributed by atoms with Gasteiger partial charge in [-0.25, -0.2) is 0 Å². The van der Waals surface area contributed by atoms with Gasteiger partial charge in [-0.15, -0.1) is 0 Å². The lowest BCUT2D eigenvalue weighted by atomic mass is 10.0. The summed E-state index contributed by atoms with van der Waals surface area (Å²) in [6.07, 6.45) is 1.47.